The molecular formula is C13H16BrNO2. The molecular weight excluding hydrogens is 282 g/mol. The summed E-state index contributed by atoms with van der Waals surface area (Å²) < 4.78 is -0.647. The van der Waals surface area contributed by atoms with Gasteiger partial charge < -0.3 is 4.90 Å². The molecule has 0 aromatic heterocycles. The van der Waals surface area contributed by atoms with Gasteiger partial charge in [0, 0.05) is 12.6 Å². The Bertz CT molecular complexity index is 449. The van der Waals surface area contributed by atoms with E-state index in [1.165, 1.54) is 11.8 Å². The molecule has 0 N–H and O–H groups in total. The zero-order valence-corrected chi connectivity index (χ0v) is 12.0. The van der Waals surface area contributed by atoms with E-state index < -0.39 is 4.32 Å². The van der Waals surface area contributed by atoms with Crippen LogP contribution in [0.4, 0.5) is 5.69 Å². The predicted octanol–water partition coefficient (Wildman–Crippen LogP) is 3.03. The Morgan fingerprint density at radius 3 is 2.24 bits per heavy atom. The Morgan fingerprint density at radius 2 is 1.76 bits per heavy atom. The van der Waals surface area contributed by atoms with Gasteiger partial charge in [-0.2, -0.15) is 0 Å². The standard InChI is InChI=1S/C13H16BrNO2/c1-9(16)10-7-5-6-8-11(10)15(4)12(17)13(2,3)14/h5-8H,1-4H3. The van der Waals surface area contributed by atoms with Crippen LogP contribution in [-0.2, 0) is 4.79 Å². The smallest absolute Gasteiger partial charge is 0.243 e. The molecule has 17 heavy (non-hydrogen) atoms. The van der Waals surface area contributed by atoms with E-state index in [1.54, 1.807) is 39.1 Å². The first kappa shape index (κ1) is 13.9. The van der Waals surface area contributed by atoms with Gasteiger partial charge in [0.15, 0.2) is 5.78 Å². The highest BCUT2D eigenvalue weighted by molar-refractivity contribution is 9.10. The molecule has 1 amide bonds. The molecule has 0 atom stereocenters. The summed E-state index contributed by atoms with van der Waals surface area (Å²) in [7, 11) is 1.67. The summed E-state index contributed by atoms with van der Waals surface area (Å²) in [6, 6.07) is 7.10. The van der Waals surface area contributed by atoms with E-state index in [2.05, 4.69) is 15.9 Å². The van der Waals surface area contributed by atoms with Crippen molar-refractivity contribution in [3.05, 3.63) is 29.8 Å². The second kappa shape index (κ2) is 5.00. The lowest BCUT2D eigenvalue weighted by molar-refractivity contribution is -0.119. The molecule has 1 rings (SSSR count). The molecule has 3 nitrogen and oxygen atoms in total. The van der Waals surface area contributed by atoms with Crippen LogP contribution in [0.2, 0.25) is 0 Å². The monoisotopic (exact) mass is 297 g/mol. The number of nitrogens with zero attached hydrogens (tertiary/aromatic N) is 1. The third-order valence-corrected chi connectivity index (χ3v) is 2.80. The van der Waals surface area contributed by atoms with Gasteiger partial charge in [0.2, 0.25) is 5.91 Å². The number of benzene rings is 1. The lowest BCUT2D eigenvalue weighted by Crippen LogP contribution is -2.39. The van der Waals surface area contributed by atoms with Gasteiger partial charge in [0.05, 0.1) is 10.0 Å². The SMILES string of the molecule is CC(=O)c1ccccc1N(C)C(=O)C(C)(C)Br. The van der Waals surface area contributed by atoms with Crippen molar-refractivity contribution in [1.82, 2.24) is 0 Å². The fraction of sp³-hybridized carbons (Fsp3) is 0.385. The van der Waals surface area contributed by atoms with Crippen LogP contribution in [0.3, 0.4) is 0 Å². The average Bonchev–Trinajstić information content (AvgIpc) is 2.25. The van der Waals surface area contributed by atoms with Gasteiger partial charge in [-0.1, -0.05) is 28.1 Å². The summed E-state index contributed by atoms with van der Waals surface area (Å²) in [5, 5.41) is 0. The first-order chi connectivity index (χ1) is 7.75. The third kappa shape index (κ3) is 3.16. The summed E-state index contributed by atoms with van der Waals surface area (Å²) in [5.41, 5.74) is 1.19. The molecule has 0 bridgehead atoms. The average molecular weight is 298 g/mol. The number of amides is 1. The summed E-state index contributed by atoms with van der Waals surface area (Å²) >= 11 is 3.33. The second-order valence-electron chi connectivity index (χ2n) is 4.41. The molecule has 0 aliphatic heterocycles. The molecule has 0 radical (unpaired) electrons. The Balaban J connectivity index is 3.17. The lowest BCUT2D eigenvalue weighted by Gasteiger charge is -2.26. The Morgan fingerprint density at radius 1 is 1.24 bits per heavy atom. The Kier molecular flexibility index (Phi) is 4.09. The maximum Gasteiger partial charge on any atom is 0.243 e. The van der Waals surface area contributed by atoms with Crippen LogP contribution in [0.5, 0.6) is 0 Å². The first-order valence-electron chi connectivity index (χ1n) is 5.32. The number of alkyl halides is 1. The van der Waals surface area contributed by atoms with Crippen LogP contribution < -0.4 is 4.90 Å². The molecule has 0 saturated carbocycles. The first-order valence-corrected chi connectivity index (χ1v) is 6.11. The summed E-state index contributed by atoms with van der Waals surface area (Å²) in [5.74, 6) is -0.140. The van der Waals surface area contributed by atoms with E-state index in [9.17, 15) is 9.59 Å². The van der Waals surface area contributed by atoms with Crippen molar-refractivity contribution in [2.45, 2.75) is 25.1 Å². The minimum atomic E-state index is -0.647. The van der Waals surface area contributed by atoms with Gasteiger partial charge in [-0.3, -0.25) is 9.59 Å². The molecule has 0 saturated heterocycles. The van der Waals surface area contributed by atoms with E-state index in [0.29, 0.717) is 11.3 Å². The van der Waals surface area contributed by atoms with Gasteiger partial charge in [0.25, 0.3) is 0 Å². The van der Waals surface area contributed by atoms with E-state index in [0.717, 1.165) is 0 Å². The number of hydrogen-bond acceptors (Lipinski definition) is 2. The number of rotatable bonds is 3. The number of ketones is 1. The zero-order valence-electron chi connectivity index (χ0n) is 10.5. The topological polar surface area (TPSA) is 37.4 Å². The molecule has 0 unspecified atom stereocenters. The van der Waals surface area contributed by atoms with Crippen LogP contribution in [0.15, 0.2) is 24.3 Å². The maximum atomic E-state index is 12.1. The highest BCUT2D eigenvalue weighted by atomic mass is 79.9. The quantitative estimate of drug-likeness (QED) is 0.635. The maximum absolute atomic E-state index is 12.1. The van der Waals surface area contributed by atoms with Crippen LogP contribution in [0.1, 0.15) is 31.1 Å². The molecule has 4 heteroatoms. The molecule has 0 fully saturated rings. The highest BCUT2D eigenvalue weighted by Crippen LogP contribution is 2.25. The van der Waals surface area contributed by atoms with Crippen LogP contribution in [-0.4, -0.2) is 23.1 Å². The van der Waals surface area contributed by atoms with Crippen LogP contribution in [0, 0.1) is 0 Å². The summed E-state index contributed by atoms with van der Waals surface area (Å²) in [4.78, 5) is 25.1. The zero-order chi connectivity index (χ0) is 13.2. The van der Waals surface area contributed by atoms with Gasteiger partial charge in [-0.25, -0.2) is 0 Å². The molecule has 0 spiro atoms. The molecule has 1 aromatic carbocycles. The van der Waals surface area contributed by atoms with E-state index in [1.807, 2.05) is 6.07 Å². The lowest BCUT2D eigenvalue weighted by atomic mass is 10.1. The molecule has 1 aromatic rings. The molecule has 0 aliphatic rings. The van der Waals surface area contributed by atoms with Gasteiger partial charge in [0.1, 0.15) is 0 Å². The Labute approximate surface area is 110 Å². The number of carbonyl (C=O) groups excluding carboxylic acids is 2. The van der Waals surface area contributed by atoms with Crippen molar-refractivity contribution in [2.75, 3.05) is 11.9 Å². The van der Waals surface area contributed by atoms with Gasteiger partial charge in [-0.05, 0) is 32.9 Å². The minimum Gasteiger partial charge on any atom is -0.314 e. The third-order valence-electron chi connectivity index (χ3n) is 2.46. The highest BCUT2D eigenvalue weighted by Gasteiger charge is 2.29. The predicted molar refractivity (Wildman–Crippen MR) is 72.9 cm³/mol. The van der Waals surface area contributed by atoms with Crippen molar-refractivity contribution in [2.24, 2.45) is 0 Å². The van der Waals surface area contributed by atoms with E-state index >= 15 is 0 Å². The largest absolute Gasteiger partial charge is 0.314 e. The number of Topliss-reactive ketones (excluding diaryl/α,β-unsaturated/α-hetero) is 1. The van der Waals surface area contributed by atoms with Crippen molar-refractivity contribution in [3.63, 3.8) is 0 Å². The van der Waals surface area contributed by atoms with E-state index in [-0.39, 0.29) is 11.7 Å². The van der Waals surface area contributed by atoms with Crippen molar-refractivity contribution in [1.29, 1.82) is 0 Å². The summed E-state index contributed by atoms with van der Waals surface area (Å²) in [6.45, 7) is 5.06. The fourth-order valence-electron chi connectivity index (χ4n) is 1.57. The Hall–Kier alpha value is -1.16. The number of anilines is 1. The van der Waals surface area contributed by atoms with Crippen molar-refractivity contribution in [3.8, 4) is 0 Å². The molecule has 0 aliphatic carbocycles. The fourth-order valence-corrected chi connectivity index (χ4v) is 1.84. The number of hydrogen-bond donors (Lipinski definition) is 0. The number of para-hydroxylation sites is 1. The van der Waals surface area contributed by atoms with Crippen molar-refractivity contribution >= 4 is 33.3 Å². The number of halogens is 1. The van der Waals surface area contributed by atoms with Crippen LogP contribution >= 0.6 is 15.9 Å². The number of carbonyl (C=O) groups is 2. The van der Waals surface area contributed by atoms with Crippen LogP contribution in [0.25, 0.3) is 0 Å². The van der Waals surface area contributed by atoms with Gasteiger partial charge >= 0.3 is 0 Å². The molecule has 92 valence electrons. The summed E-state index contributed by atoms with van der Waals surface area (Å²) in [6.07, 6.45) is 0. The second-order valence-corrected chi connectivity index (χ2v) is 6.39. The molecule has 0 heterocycles. The minimum absolute atomic E-state index is 0.0485. The van der Waals surface area contributed by atoms with Crippen molar-refractivity contribution < 1.29 is 9.59 Å². The normalized spacial score (nSPS) is 11.1. The van der Waals surface area contributed by atoms with E-state index in [4.69, 9.17) is 0 Å². The van der Waals surface area contributed by atoms with Gasteiger partial charge in [-0.15, -0.1) is 0 Å².